The fraction of sp³-hybridized carbons (Fsp3) is 0.435. The Balaban J connectivity index is 1.40. The first kappa shape index (κ1) is 24.1. The minimum absolute atomic E-state index is 0.168. The number of carbonyl (C=O) groups excluding carboxylic acids is 1. The van der Waals surface area contributed by atoms with Crippen LogP contribution in [0.25, 0.3) is 11.0 Å². The van der Waals surface area contributed by atoms with Crippen molar-refractivity contribution < 1.29 is 22.7 Å². The monoisotopic (exact) mass is 487 g/mol. The summed E-state index contributed by atoms with van der Waals surface area (Å²) in [5.41, 5.74) is 3.00. The van der Waals surface area contributed by atoms with Crippen molar-refractivity contribution >= 4 is 32.7 Å². The van der Waals surface area contributed by atoms with Crippen LogP contribution in [0.4, 0.5) is 5.69 Å². The topological polar surface area (TPSA) is 116 Å². The Hall–Kier alpha value is -3.02. The SMILES string of the molecule is Cc1cc(C)c2c(OCC(=O)Nc3ccc(S(=O)(=O)N4CC(C)OC(C)C4)cc3)nn(C)c2n1. The standard InChI is InChI=1S/C23H29N5O5S/c1-14-10-15(2)24-22-21(14)23(26-27(22)5)32-13-20(29)25-18-6-8-19(9-7-18)34(30,31)28-11-16(3)33-17(4)12-28/h6-10,16-17H,11-13H2,1-5H3,(H,25,29). The Kier molecular flexibility index (Phi) is 6.61. The number of hydrogen-bond acceptors (Lipinski definition) is 7. The summed E-state index contributed by atoms with van der Waals surface area (Å²) in [6.07, 6.45) is -0.339. The van der Waals surface area contributed by atoms with Gasteiger partial charge in [-0.05, 0) is 63.6 Å². The van der Waals surface area contributed by atoms with Crippen molar-refractivity contribution in [3.8, 4) is 5.88 Å². The highest BCUT2D eigenvalue weighted by atomic mass is 32.2. The first-order valence-corrected chi connectivity index (χ1v) is 12.5. The van der Waals surface area contributed by atoms with Crippen molar-refractivity contribution in [1.29, 1.82) is 0 Å². The molecule has 11 heteroatoms. The molecule has 1 aromatic carbocycles. The van der Waals surface area contributed by atoms with Gasteiger partial charge in [-0.3, -0.25) is 4.79 Å². The predicted molar refractivity (Wildman–Crippen MR) is 127 cm³/mol. The van der Waals surface area contributed by atoms with Crippen molar-refractivity contribution in [1.82, 2.24) is 19.1 Å². The van der Waals surface area contributed by atoms with Crippen LogP contribution in [-0.4, -0.2) is 65.3 Å². The van der Waals surface area contributed by atoms with Crippen molar-refractivity contribution in [3.63, 3.8) is 0 Å². The van der Waals surface area contributed by atoms with Crippen molar-refractivity contribution in [2.45, 2.75) is 44.8 Å². The average molecular weight is 488 g/mol. The van der Waals surface area contributed by atoms with Crippen molar-refractivity contribution in [3.05, 3.63) is 41.6 Å². The minimum atomic E-state index is -3.65. The smallest absolute Gasteiger partial charge is 0.262 e. The van der Waals surface area contributed by atoms with Gasteiger partial charge in [0, 0.05) is 31.5 Å². The Bertz CT molecular complexity index is 1310. The number of ether oxygens (including phenoxy) is 2. The molecule has 1 aliphatic heterocycles. The third-order valence-corrected chi connectivity index (χ3v) is 7.43. The summed E-state index contributed by atoms with van der Waals surface area (Å²) < 4.78 is 40.3. The molecule has 2 aromatic heterocycles. The number of pyridine rings is 1. The van der Waals surface area contributed by atoms with Crippen LogP contribution < -0.4 is 10.1 Å². The van der Waals surface area contributed by atoms with Crippen LogP contribution in [0.1, 0.15) is 25.1 Å². The van der Waals surface area contributed by atoms with Crippen LogP contribution in [0.5, 0.6) is 5.88 Å². The second-order valence-electron chi connectivity index (χ2n) is 8.65. The van der Waals surface area contributed by atoms with E-state index in [1.165, 1.54) is 16.4 Å². The zero-order valence-electron chi connectivity index (χ0n) is 19.9. The summed E-state index contributed by atoms with van der Waals surface area (Å²) in [7, 11) is -1.87. The van der Waals surface area contributed by atoms with E-state index in [0.717, 1.165) is 16.6 Å². The molecule has 0 spiro atoms. The van der Waals surface area contributed by atoms with Gasteiger partial charge in [0.15, 0.2) is 12.3 Å². The van der Waals surface area contributed by atoms with E-state index in [-0.39, 0.29) is 29.6 Å². The van der Waals surface area contributed by atoms with Gasteiger partial charge in [-0.1, -0.05) is 0 Å². The number of morpholine rings is 1. The van der Waals surface area contributed by atoms with Crippen LogP contribution in [0.2, 0.25) is 0 Å². The predicted octanol–water partition coefficient (Wildman–Crippen LogP) is 2.40. The lowest BCUT2D eigenvalue weighted by Gasteiger charge is -2.34. The molecule has 1 N–H and O–H groups in total. The molecule has 1 amide bonds. The quantitative estimate of drug-likeness (QED) is 0.568. The van der Waals surface area contributed by atoms with Gasteiger partial charge in [0.2, 0.25) is 15.9 Å². The number of carbonyl (C=O) groups is 1. The third kappa shape index (κ3) is 4.91. The van der Waals surface area contributed by atoms with Crippen LogP contribution >= 0.6 is 0 Å². The van der Waals surface area contributed by atoms with E-state index in [0.29, 0.717) is 30.3 Å². The van der Waals surface area contributed by atoms with Gasteiger partial charge in [0.1, 0.15) is 0 Å². The van der Waals surface area contributed by atoms with Crippen LogP contribution in [0.15, 0.2) is 35.2 Å². The van der Waals surface area contributed by atoms with Crippen LogP contribution in [0.3, 0.4) is 0 Å². The van der Waals surface area contributed by atoms with E-state index in [4.69, 9.17) is 9.47 Å². The number of fused-ring (bicyclic) bond motifs is 1. The number of sulfonamides is 1. The van der Waals surface area contributed by atoms with Crippen molar-refractivity contribution in [2.75, 3.05) is 25.0 Å². The molecule has 10 nitrogen and oxygen atoms in total. The van der Waals surface area contributed by atoms with Gasteiger partial charge in [0.05, 0.1) is 22.5 Å². The maximum Gasteiger partial charge on any atom is 0.262 e. The van der Waals surface area contributed by atoms with Crippen molar-refractivity contribution in [2.24, 2.45) is 7.05 Å². The van der Waals surface area contributed by atoms with Gasteiger partial charge in [-0.15, -0.1) is 5.10 Å². The van der Waals surface area contributed by atoms with Crippen LogP contribution in [0, 0.1) is 13.8 Å². The Morgan fingerprint density at radius 3 is 2.47 bits per heavy atom. The fourth-order valence-corrected chi connectivity index (χ4v) is 5.76. The third-order valence-electron chi connectivity index (χ3n) is 5.59. The van der Waals surface area contributed by atoms with E-state index in [9.17, 15) is 13.2 Å². The number of aromatic nitrogens is 3. The first-order valence-electron chi connectivity index (χ1n) is 11.0. The molecule has 3 aromatic rings. The largest absolute Gasteiger partial charge is 0.466 e. The second-order valence-corrected chi connectivity index (χ2v) is 10.6. The molecule has 0 bridgehead atoms. The van der Waals surface area contributed by atoms with E-state index in [2.05, 4.69) is 15.4 Å². The summed E-state index contributed by atoms with van der Waals surface area (Å²) in [5, 5.41) is 7.82. The van der Waals surface area contributed by atoms with Gasteiger partial charge in [-0.25, -0.2) is 18.1 Å². The summed E-state index contributed by atoms with van der Waals surface area (Å²) >= 11 is 0. The molecule has 1 saturated heterocycles. The van der Waals surface area contributed by atoms with Gasteiger partial charge < -0.3 is 14.8 Å². The van der Waals surface area contributed by atoms with E-state index in [1.807, 2.05) is 33.8 Å². The number of amides is 1. The molecule has 2 atom stereocenters. The Morgan fingerprint density at radius 1 is 1.18 bits per heavy atom. The zero-order chi connectivity index (χ0) is 24.6. The fourth-order valence-electron chi connectivity index (χ4n) is 4.17. The highest BCUT2D eigenvalue weighted by Gasteiger charge is 2.32. The van der Waals surface area contributed by atoms with Crippen LogP contribution in [-0.2, 0) is 26.6 Å². The minimum Gasteiger partial charge on any atom is -0.466 e. The highest BCUT2D eigenvalue weighted by Crippen LogP contribution is 2.27. The number of nitrogens with zero attached hydrogens (tertiary/aromatic N) is 4. The van der Waals surface area contributed by atoms with E-state index in [1.54, 1.807) is 23.9 Å². The van der Waals surface area contributed by atoms with Gasteiger partial charge >= 0.3 is 0 Å². The molecule has 1 aliphatic rings. The molecule has 34 heavy (non-hydrogen) atoms. The zero-order valence-corrected chi connectivity index (χ0v) is 20.7. The van der Waals surface area contributed by atoms with E-state index >= 15 is 0 Å². The molecule has 2 unspecified atom stereocenters. The molecule has 0 aliphatic carbocycles. The molecule has 4 rings (SSSR count). The molecule has 182 valence electrons. The number of rotatable bonds is 6. The summed E-state index contributed by atoms with van der Waals surface area (Å²) in [5.74, 6) is -0.0453. The second kappa shape index (κ2) is 9.32. The lowest BCUT2D eigenvalue weighted by molar-refractivity contribution is -0.118. The molecule has 0 radical (unpaired) electrons. The van der Waals surface area contributed by atoms with E-state index < -0.39 is 10.0 Å². The number of anilines is 1. The van der Waals surface area contributed by atoms with Gasteiger partial charge in [0.25, 0.3) is 5.91 Å². The number of aryl methyl sites for hydroxylation is 3. The summed E-state index contributed by atoms with van der Waals surface area (Å²) in [4.78, 5) is 17.1. The maximum atomic E-state index is 13.0. The molecular weight excluding hydrogens is 458 g/mol. The first-order chi connectivity index (χ1) is 16.0. The number of hydrogen-bond donors (Lipinski definition) is 1. The number of nitrogens with one attached hydrogen (secondary N) is 1. The van der Waals surface area contributed by atoms with Gasteiger partial charge in [-0.2, -0.15) is 4.31 Å². The normalized spacial score (nSPS) is 19.3. The highest BCUT2D eigenvalue weighted by molar-refractivity contribution is 7.89. The Morgan fingerprint density at radius 2 is 1.82 bits per heavy atom. The Labute approximate surface area is 198 Å². The lowest BCUT2D eigenvalue weighted by Crippen LogP contribution is -2.48. The molecule has 1 fully saturated rings. The average Bonchev–Trinajstić information content (AvgIpc) is 3.07. The summed E-state index contributed by atoms with van der Waals surface area (Å²) in [6.45, 7) is 7.92. The molecule has 0 saturated carbocycles. The molecular formula is C23H29N5O5S. The molecule has 3 heterocycles. The number of benzene rings is 1. The summed E-state index contributed by atoms with van der Waals surface area (Å²) in [6, 6.07) is 8.03. The maximum absolute atomic E-state index is 13.0. The lowest BCUT2D eigenvalue weighted by atomic mass is 10.2.